The molecule has 6 heteroatoms. The van der Waals surface area contributed by atoms with Crippen molar-refractivity contribution in [1.82, 2.24) is 0 Å². The van der Waals surface area contributed by atoms with Crippen LogP contribution >= 0.6 is 0 Å². The fourth-order valence-corrected chi connectivity index (χ4v) is 3.66. The molecule has 0 aromatic heterocycles. The number of carbonyl (C=O) groups is 3. The average molecular weight is 239 g/mol. The molecular formula is C11H11O6-. The second kappa shape index (κ2) is 3.21. The maximum Gasteiger partial charge on any atom is 0.310 e. The number of hydrogen-bond donors (Lipinski definition) is 0. The molecule has 1 saturated heterocycles. The molecule has 1 heterocycles. The van der Waals surface area contributed by atoms with Gasteiger partial charge in [0.2, 0.25) is 0 Å². The van der Waals surface area contributed by atoms with Gasteiger partial charge in [-0.15, -0.1) is 0 Å². The first-order chi connectivity index (χ1) is 8.00. The van der Waals surface area contributed by atoms with Gasteiger partial charge in [-0.2, -0.15) is 0 Å². The van der Waals surface area contributed by atoms with Crippen molar-refractivity contribution in [1.29, 1.82) is 0 Å². The number of carboxylic acids is 1. The molecule has 2 saturated carbocycles. The van der Waals surface area contributed by atoms with Crippen LogP contribution in [0.2, 0.25) is 0 Å². The molecule has 0 radical (unpaired) electrons. The SMILES string of the molecule is CC(=O)OC1C2CC3C1OC(=O)C3C2C(=O)[O-]. The summed E-state index contributed by atoms with van der Waals surface area (Å²) in [5, 5.41) is 11.1. The van der Waals surface area contributed by atoms with Crippen molar-refractivity contribution in [3.8, 4) is 0 Å². The van der Waals surface area contributed by atoms with Crippen LogP contribution in [-0.2, 0) is 23.9 Å². The predicted octanol–water partition coefficient (Wildman–Crippen LogP) is -1.52. The van der Waals surface area contributed by atoms with E-state index in [-0.39, 0.29) is 11.8 Å². The molecule has 3 fully saturated rings. The summed E-state index contributed by atoms with van der Waals surface area (Å²) in [4.78, 5) is 33.7. The molecular weight excluding hydrogens is 228 g/mol. The van der Waals surface area contributed by atoms with E-state index in [0.717, 1.165) is 0 Å². The van der Waals surface area contributed by atoms with Crippen molar-refractivity contribution in [2.24, 2.45) is 23.7 Å². The van der Waals surface area contributed by atoms with Gasteiger partial charge in [0.15, 0.2) is 0 Å². The minimum atomic E-state index is -1.25. The Bertz CT molecular complexity index is 416. The Morgan fingerprint density at radius 3 is 2.71 bits per heavy atom. The van der Waals surface area contributed by atoms with E-state index in [1.54, 1.807) is 0 Å². The van der Waals surface area contributed by atoms with Crippen molar-refractivity contribution in [2.45, 2.75) is 25.6 Å². The van der Waals surface area contributed by atoms with Crippen LogP contribution in [0, 0.1) is 23.7 Å². The van der Waals surface area contributed by atoms with Crippen molar-refractivity contribution >= 4 is 17.9 Å². The fraction of sp³-hybridized carbons (Fsp3) is 0.727. The second-order valence-corrected chi connectivity index (χ2v) is 4.91. The summed E-state index contributed by atoms with van der Waals surface area (Å²) in [5.41, 5.74) is 0. The van der Waals surface area contributed by atoms with Gasteiger partial charge >= 0.3 is 11.9 Å². The quantitative estimate of drug-likeness (QED) is 0.543. The molecule has 0 spiro atoms. The van der Waals surface area contributed by atoms with Gasteiger partial charge in [0.1, 0.15) is 12.2 Å². The van der Waals surface area contributed by atoms with E-state index in [2.05, 4.69) is 0 Å². The summed E-state index contributed by atoms with van der Waals surface area (Å²) < 4.78 is 10.2. The first-order valence-electron chi connectivity index (χ1n) is 5.59. The number of esters is 2. The Balaban J connectivity index is 1.94. The third-order valence-electron chi connectivity index (χ3n) is 4.12. The molecule has 0 N–H and O–H groups in total. The lowest BCUT2D eigenvalue weighted by Crippen LogP contribution is -2.47. The highest BCUT2D eigenvalue weighted by atomic mass is 16.6. The third-order valence-corrected chi connectivity index (χ3v) is 4.12. The van der Waals surface area contributed by atoms with E-state index >= 15 is 0 Å². The molecule has 6 atom stereocenters. The number of carbonyl (C=O) groups excluding carboxylic acids is 3. The van der Waals surface area contributed by atoms with Crippen LogP contribution in [0.4, 0.5) is 0 Å². The first kappa shape index (κ1) is 10.6. The lowest BCUT2D eigenvalue weighted by Gasteiger charge is -2.31. The van der Waals surface area contributed by atoms with E-state index in [1.165, 1.54) is 6.92 Å². The monoisotopic (exact) mass is 239 g/mol. The van der Waals surface area contributed by atoms with E-state index < -0.39 is 42.0 Å². The van der Waals surface area contributed by atoms with Crippen molar-refractivity contribution < 1.29 is 29.0 Å². The summed E-state index contributed by atoms with van der Waals surface area (Å²) in [7, 11) is 0. The molecule has 0 aromatic rings. The summed E-state index contributed by atoms with van der Waals surface area (Å²) >= 11 is 0. The molecule has 0 aromatic carbocycles. The number of aliphatic carboxylic acids is 1. The van der Waals surface area contributed by atoms with Gasteiger partial charge in [-0.05, 0) is 6.42 Å². The topological polar surface area (TPSA) is 92.7 Å². The van der Waals surface area contributed by atoms with Gasteiger partial charge in [-0.1, -0.05) is 0 Å². The average Bonchev–Trinajstić information content (AvgIpc) is 2.79. The molecule has 2 bridgehead atoms. The number of fused-ring (bicyclic) bond motifs is 1. The molecule has 2 aliphatic carbocycles. The first-order valence-corrected chi connectivity index (χ1v) is 5.59. The highest BCUT2D eigenvalue weighted by Gasteiger charge is 2.68. The van der Waals surface area contributed by atoms with Crippen molar-refractivity contribution in [3.05, 3.63) is 0 Å². The van der Waals surface area contributed by atoms with Crippen LogP contribution in [0.15, 0.2) is 0 Å². The van der Waals surface area contributed by atoms with Crippen LogP contribution < -0.4 is 5.11 Å². The van der Waals surface area contributed by atoms with Crippen LogP contribution in [0.1, 0.15) is 13.3 Å². The van der Waals surface area contributed by atoms with E-state index in [0.29, 0.717) is 6.42 Å². The molecule has 3 aliphatic rings. The van der Waals surface area contributed by atoms with Crippen molar-refractivity contribution in [3.63, 3.8) is 0 Å². The molecule has 92 valence electrons. The van der Waals surface area contributed by atoms with Gasteiger partial charge in [0.25, 0.3) is 0 Å². The van der Waals surface area contributed by atoms with Gasteiger partial charge < -0.3 is 19.4 Å². The Kier molecular flexibility index (Phi) is 1.99. The fourth-order valence-electron chi connectivity index (χ4n) is 3.66. The van der Waals surface area contributed by atoms with Gasteiger partial charge in [0.05, 0.1) is 5.92 Å². The van der Waals surface area contributed by atoms with Gasteiger partial charge in [-0.25, -0.2) is 0 Å². The number of carboxylic acid groups (broad SMARTS) is 1. The Labute approximate surface area is 96.9 Å². The highest BCUT2D eigenvalue weighted by molar-refractivity contribution is 5.84. The standard InChI is InChI=1S/C11H12O6/c1-3(12)16-8-4-2-5-7(6(4)10(13)14)11(15)17-9(5)8/h4-9H,2H2,1H3,(H,13,14)/p-1. The molecule has 0 amide bonds. The zero-order valence-corrected chi connectivity index (χ0v) is 9.12. The lowest BCUT2D eigenvalue weighted by molar-refractivity contribution is -0.315. The van der Waals surface area contributed by atoms with E-state index in [9.17, 15) is 19.5 Å². The number of rotatable bonds is 2. The summed E-state index contributed by atoms with van der Waals surface area (Å²) in [6.45, 7) is 1.26. The summed E-state index contributed by atoms with van der Waals surface area (Å²) in [6.07, 6.45) is -0.530. The van der Waals surface area contributed by atoms with Gasteiger partial charge in [0, 0.05) is 30.6 Å². The highest BCUT2D eigenvalue weighted by Crippen LogP contribution is 2.58. The Morgan fingerprint density at radius 2 is 2.12 bits per heavy atom. The number of hydrogen-bond acceptors (Lipinski definition) is 6. The Morgan fingerprint density at radius 1 is 1.41 bits per heavy atom. The van der Waals surface area contributed by atoms with Crippen molar-refractivity contribution in [2.75, 3.05) is 0 Å². The van der Waals surface area contributed by atoms with Crippen LogP contribution in [-0.4, -0.2) is 30.1 Å². The molecule has 17 heavy (non-hydrogen) atoms. The molecule has 6 unspecified atom stereocenters. The predicted molar refractivity (Wildman–Crippen MR) is 49.0 cm³/mol. The van der Waals surface area contributed by atoms with Gasteiger partial charge in [-0.3, -0.25) is 9.59 Å². The van der Waals surface area contributed by atoms with Crippen LogP contribution in [0.3, 0.4) is 0 Å². The van der Waals surface area contributed by atoms with E-state index in [1.807, 2.05) is 0 Å². The summed E-state index contributed by atoms with van der Waals surface area (Å²) in [6, 6.07) is 0. The minimum absolute atomic E-state index is 0.139. The molecule has 1 aliphatic heterocycles. The maximum atomic E-state index is 11.6. The maximum absolute atomic E-state index is 11.6. The third kappa shape index (κ3) is 1.23. The molecule has 6 nitrogen and oxygen atoms in total. The van der Waals surface area contributed by atoms with E-state index in [4.69, 9.17) is 9.47 Å². The zero-order valence-electron chi connectivity index (χ0n) is 9.12. The lowest BCUT2D eigenvalue weighted by atomic mass is 9.78. The molecule has 3 rings (SSSR count). The van der Waals surface area contributed by atoms with Crippen LogP contribution in [0.5, 0.6) is 0 Å². The minimum Gasteiger partial charge on any atom is -0.550 e. The zero-order chi connectivity index (χ0) is 12.3. The second-order valence-electron chi connectivity index (χ2n) is 4.91. The largest absolute Gasteiger partial charge is 0.550 e. The normalized spacial score (nSPS) is 45.8. The number of ether oxygens (including phenoxy) is 2. The summed E-state index contributed by atoms with van der Waals surface area (Å²) in [5.74, 6) is -4.21. The Hall–Kier alpha value is -1.59. The van der Waals surface area contributed by atoms with Crippen LogP contribution in [0.25, 0.3) is 0 Å². The smallest absolute Gasteiger partial charge is 0.310 e.